The molecule has 1 heterocycles. The van der Waals surface area contributed by atoms with Crippen LogP contribution in [-0.4, -0.2) is 31.9 Å². The van der Waals surface area contributed by atoms with Crippen molar-refractivity contribution in [3.63, 3.8) is 0 Å². The summed E-state index contributed by atoms with van der Waals surface area (Å²) in [5, 5.41) is 16.3. The van der Waals surface area contributed by atoms with E-state index in [4.69, 9.17) is 4.74 Å². The molecule has 3 N–H and O–H groups in total. The van der Waals surface area contributed by atoms with Gasteiger partial charge >= 0.3 is 0 Å². The molecule has 1 aliphatic heterocycles. The molecule has 5 heteroatoms. The topological polar surface area (TPSA) is 53.5 Å². The van der Waals surface area contributed by atoms with Crippen molar-refractivity contribution in [1.82, 2.24) is 10.6 Å². The fraction of sp³-hybridized carbons (Fsp3) is 0.455. The van der Waals surface area contributed by atoms with E-state index in [9.17, 15) is 9.50 Å². The highest BCUT2D eigenvalue weighted by Gasteiger charge is 2.21. The zero-order valence-electron chi connectivity index (χ0n) is 9.09. The molecule has 88 valence electrons. The minimum absolute atomic E-state index is 0.00472. The van der Waals surface area contributed by atoms with Crippen LogP contribution in [-0.2, 0) is 0 Å². The van der Waals surface area contributed by atoms with Crippen LogP contribution in [0.1, 0.15) is 11.6 Å². The number of phenolic OH excluding ortho intramolecular Hbond substituents is 1. The number of hydrogen-bond acceptors (Lipinski definition) is 4. The molecule has 1 aromatic carbocycles. The number of benzene rings is 1. The lowest BCUT2D eigenvalue weighted by atomic mass is 10.0. The molecule has 0 spiro atoms. The van der Waals surface area contributed by atoms with Gasteiger partial charge in [-0.25, -0.2) is 4.39 Å². The van der Waals surface area contributed by atoms with Gasteiger partial charge in [-0.05, 0) is 6.07 Å². The number of halogens is 1. The van der Waals surface area contributed by atoms with Gasteiger partial charge in [-0.1, -0.05) is 0 Å². The number of piperazine rings is 1. The van der Waals surface area contributed by atoms with E-state index >= 15 is 0 Å². The Morgan fingerprint density at radius 3 is 2.88 bits per heavy atom. The summed E-state index contributed by atoms with van der Waals surface area (Å²) in [6, 6.07) is 2.43. The Kier molecular flexibility index (Phi) is 3.26. The monoisotopic (exact) mass is 226 g/mol. The normalized spacial score (nSPS) is 20.8. The molecule has 1 atom stereocenters. The van der Waals surface area contributed by atoms with E-state index in [1.807, 2.05) is 0 Å². The van der Waals surface area contributed by atoms with Gasteiger partial charge in [-0.15, -0.1) is 0 Å². The molecule has 1 aliphatic rings. The van der Waals surface area contributed by atoms with Gasteiger partial charge in [0.15, 0.2) is 11.5 Å². The summed E-state index contributed by atoms with van der Waals surface area (Å²) in [5.74, 6) is -0.232. The Morgan fingerprint density at radius 1 is 1.44 bits per heavy atom. The molecule has 16 heavy (non-hydrogen) atoms. The van der Waals surface area contributed by atoms with Gasteiger partial charge in [0.2, 0.25) is 0 Å². The number of methoxy groups -OCH3 is 1. The molecular weight excluding hydrogens is 211 g/mol. The van der Waals surface area contributed by atoms with E-state index in [1.165, 1.54) is 19.2 Å². The third-order valence-electron chi connectivity index (χ3n) is 2.71. The first-order chi connectivity index (χ1) is 7.72. The predicted octanol–water partition coefficient (Wildman–Crippen LogP) is 0.774. The minimum atomic E-state index is -0.406. The fourth-order valence-corrected chi connectivity index (χ4v) is 1.89. The number of phenols is 1. The lowest BCUT2D eigenvalue weighted by Crippen LogP contribution is -2.42. The zero-order valence-corrected chi connectivity index (χ0v) is 9.09. The quantitative estimate of drug-likeness (QED) is 0.697. The Morgan fingerprint density at radius 2 is 2.25 bits per heavy atom. The fourth-order valence-electron chi connectivity index (χ4n) is 1.89. The van der Waals surface area contributed by atoms with Crippen LogP contribution >= 0.6 is 0 Å². The zero-order chi connectivity index (χ0) is 11.5. The van der Waals surface area contributed by atoms with Gasteiger partial charge < -0.3 is 20.5 Å². The molecule has 0 unspecified atom stereocenters. The summed E-state index contributed by atoms with van der Waals surface area (Å²) in [6.45, 7) is 2.34. The van der Waals surface area contributed by atoms with Crippen LogP contribution in [0.4, 0.5) is 4.39 Å². The van der Waals surface area contributed by atoms with Gasteiger partial charge in [-0.3, -0.25) is 0 Å². The predicted molar refractivity (Wildman–Crippen MR) is 58.2 cm³/mol. The van der Waals surface area contributed by atoms with E-state index in [-0.39, 0.29) is 17.5 Å². The lowest BCUT2D eigenvalue weighted by molar-refractivity contribution is 0.355. The van der Waals surface area contributed by atoms with Crippen molar-refractivity contribution < 1.29 is 14.2 Å². The van der Waals surface area contributed by atoms with E-state index in [0.717, 1.165) is 13.1 Å². The summed E-state index contributed by atoms with van der Waals surface area (Å²) in [4.78, 5) is 0. The lowest BCUT2D eigenvalue weighted by Gasteiger charge is -2.25. The minimum Gasteiger partial charge on any atom is -0.504 e. The maximum atomic E-state index is 13.3. The van der Waals surface area contributed by atoms with Gasteiger partial charge in [0.25, 0.3) is 0 Å². The summed E-state index contributed by atoms with van der Waals surface area (Å²) in [7, 11) is 1.41. The van der Waals surface area contributed by atoms with Crippen LogP contribution in [0.5, 0.6) is 11.5 Å². The van der Waals surface area contributed by atoms with Crippen molar-refractivity contribution in [3.8, 4) is 11.5 Å². The van der Waals surface area contributed by atoms with E-state index in [1.54, 1.807) is 0 Å². The molecule has 4 nitrogen and oxygen atoms in total. The van der Waals surface area contributed by atoms with Crippen molar-refractivity contribution in [3.05, 3.63) is 23.5 Å². The molecular formula is C11H15FN2O2. The summed E-state index contributed by atoms with van der Waals surface area (Å²) in [6.07, 6.45) is 0. The molecule has 0 bridgehead atoms. The Bertz CT molecular complexity index is 378. The number of hydrogen-bond donors (Lipinski definition) is 3. The maximum Gasteiger partial charge on any atom is 0.163 e. The molecule has 0 radical (unpaired) electrons. The van der Waals surface area contributed by atoms with Crippen molar-refractivity contribution in [2.45, 2.75) is 6.04 Å². The Hall–Kier alpha value is -1.33. The van der Waals surface area contributed by atoms with E-state index < -0.39 is 5.82 Å². The second-order valence-corrected chi connectivity index (χ2v) is 3.76. The third-order valence-corrected chi connectivity index (χ3v) is 2.71. The number of ether oxygens (including phenoxy) is 1. The smallest absolute Gasteiger partial charge is 0.163 e. The number of rotatable bonds is 2. The van der Waals surface area contributed by atoms with Crippen LogP contribution in [0.15, 0.2) is 12.1 Å². The van der Waals surface area contributed by atoms with Gasteiger partial charge in [0.05, 0.1) is 7.11 Å². The second-order valence-electron chi connectivity index (χ2n) is 3.76. The summed E-state index contributed by atoms with van der Waals surface area (Å²) < 4.78 is 18.2. The highest BCUT2D eigenvalue weighted by Crippen LogP contribution is 2.34. The maximum absolute atomic E-state index is 13.3. The summed E-state index contributed by atoms with van der Waals surface area (Å²) in [5.41, 5.74) is 0.532. The largest absolute Gasteiger partial charge is 0.504 e. The molecule has 0 amide bonds. The molecule has 0 aromatic heterocycles. The number of nitrogens with one attached hydrogen (secondary N) is 2. The third kappa shape index (κ3) is 2.10. The number of aromatic hydroxyl groups is 1. The second kappa shape index (κ2) is 4.67. The van der Waals surface area contributed by atoms with Crippen molar-refractivity contribution in [2.75, 3.05) is 26.7 Å². The Labute approximate surface area is 93.4 Å². The highest BCUT2D eigenvalue weighted by atomic mass is 19.1. The summed E-state index contributed by atoms with van der Waals surface area (Å²) >= 11 is 0. The van der Waals surface area contributed by atoms with Crippen molar-refractivity contribution in [2.24, 2.45) is 0 Å². The molecule has 1 saturated heterocycles. The first-order valence-corrected chi connectivity index (χ1v) is 5.23. The Balaban J connectivity index is 2.34. The average molecular weight is 226 g/mol. The van der Waals surface area contributed by atoms with E-state index in [2.05, 4.69) is 10.6 Å². The SMILES string of the molecule is COc1cc(F)cc([C@H]2CNCCN2)c1O. The first kappa shape index (κ1) is 11.2. The molecule has 1 fully saturated rings. The van der Waals surface area contributed by atoms with Crippen molar-refractivity contribution in [1.29, 1.82) is 0 Å². The van der Waals surface area contributed by atoms with Crippen LogP contribution in [0.25, 0.3) is 0 Å². The van der Waals surface area contributed by atoms with Crippen LogP contribution < -0.4 is 15.4 Å². The molecule has 0 aliphatic carbocycles. The first-order valence-electron chi connectivity index (χ1n) is 5.23. The highest BCUT2D eigenvalue weighted by molar-refractivity contribution is 5.47. The van der Waals surface area contributed by atoms with Gasteiger partial charge in [-0.2, -0.15) is 0 Å². The van der Waals surface area contributed by atoms with E-state index in [0.29, 0.717) is 12.1 Å². The van der Waals surface area contributed by atoms with Gasteiger partial charge in [0.1, 0.15) is 5.82 Å². The van der Waals surface area contributed by atoms with Crippen LogP contribution in [0.3, 0.4) is 0 Å². The molecule has 1 aromatic rings. The standard InChI is InChI=1S/C11H15FN2O2/c1-16-10-5-7(12)4-8(11(10)15)9-6-13-2-3-14-9/h4-5,9,13-15H,2-3,6H2,1H3/t9-/m1/s1. The molecule has 0 saturated carbocycles. The van der Waals surface area contributed by atoms with Crippen molar-refractivity contribution >= 4 is 0 Å². The van der Waals surface area contributed by atoms with Gasteiger partial charge in [0, 0.05) is 37.3 Å². The average Bonchev–Trinajstić information content (AvgIpc) is 2.33. The van der Waals surface area contributed by atoms with Crippen LogP contribution in [0, 0.1) is 5.82 Å². The van der Waals surface area contributed by atoms with Crippen LogP contribution in [0.2, 0.25) is 0 Å². The molecule has 2 rings (SSSR count).